The van der Waals surface area contributed by atoms with Crippen molar-refractivity contribution in [3.8, 4) is 0 Å². The van der Waals surface area contributed by atoms with Gasteiger partial charge in [0.05, 0.1) is 5.56 Å². The fourth-order valence-corrected chi connectivity index (χ4v) is 2.99. The lowest BCUT2D eigenvalue weighted by Gasteiger charge is -2.36. The zero-order chi connectivity index (χ0) is 13.3. The minimum Gasteiger partial charge on any atom is -0.399 e. The van der Waals surface area contributed by atoms with Gasteiger partial charge in [-0.2, -0.15) is 0 Å². The number of halogens is 1. The van der Waals surface area contributed by atoms with Gasteiger partial charge in [0.2, 0.25) is 0 Å². The van der Waals surface area contributed by atoms with Gasteiger partial charge in [0, 0.05) is 22.7 Å². The number of amides is 1. The molecule has 18 heavy (non-hydrogen) atoms. The van der Waals surface area contributed by atoms with E-state index >= 15 is 0 Å². The number of nitrogen functional groups attached to an aromatic ring is 1. The van der Waals surface area contributed by atoms with Crippen LogP contribution in [0.1, 0.15) is 37.0 Å². The minimum absolute atomic E-state index is 0.0774. The Kier molecular flexibility index (Phi) is 3.95. The van der Waals surface area contributed by atoms with Crippen molar-refractivity contribution in [1.29, 1.82) is 0 Å². The Balaban J connectivity index is 2.23. The third kappa shape index (κ3) is 2.69. The van der Waals surface area contributed by atoms with Crippen molar-refractivity contribution in [1.82, 2.24) is 4.90 Å². The first-order chi connectivity index (χ1) is 8.49. The average Bonchev–Trinajstić information content (AvgIpc) is 2.31. The molecule has 1 fully saturated rings. The Labute approximate surface area is 116 Å². The Bertz CT molecular complexity index is 461. The van der Waals surface area contributed by atoms with Crippen LogP contribution >= 0.6 is 15.9 Å². The highest BCUT2D eigenvalue weighted by atomic mass is 79.9. The maximum atomic E-state index is 12.5. The minimum atomic E-state index is 0.0774. The van der Waals surface area contributed by atoms with Crippen molar-refractivity contribution >= 4 is 27.5 Å². The molecule has 1 amide bonds. The molecular formula is C14H19BrN2O. The van der Waals surface area contributed by atoms with Crippen LogP contribution in [0.4, 0.5) is 5.69 Å². The van der Waals surface area contributed by atoms with Gasteiger partial charge in [0.25, 0.3) is 5.91 Å². The van der Waals surface area contributed by atoms with E-state index in [0.29, 0.717) is 23.2 Å². The number of anilines is 1. The largest absolute Gasteiger partial charge is 0.399 e. The molecule has 1 heterocycles. The summed E-state index contributed by atoms with van der Waals surface area (Å²) in [6.07, 6.45) is 2.15. The summed E-state index contributed by atoms with van der Waals surface area (Å²) in [5, 5.41) is 0. The van der Waals surface area contributed by atoms with E-state index in [4.69, 9.17) is 5.73 Å². The molecule has 4 heteroatoms. The topological polar surface area (TPSA) is 46.3 Å². The summed E-state index contributed by atoms with van der Waals surface area (Å²) in [7, 11) is 0. The molecule has 0 radical (unpaired) electrons. The Morgan fingerprint density at radius 2 is 2.17 bits per heavy atom. The van der Waals surface area contributed by atoms with Crippen molar-refractivity contribution < 1.29 is 4.79 Å². The van der Waals surface area contributed by atoms with Gasteiger partial charge in [0.15, 0.2) is 0 Å². The van der Waals surface area contributed by atoms with Gasteiger partial charge >= 0.3 is 0 Å². The van der Waals surface area contributed by atoms with Gasteiger partial charge in [0.1, 0.15) is 0 Å². The van der Waals surface area contributed by atoms with Gasteiger partial charge < -0.3 is 10.6 Å². The summed E-state index contributed by atoms with van der Waals surface area (Å²) in [4.78, 5) is 14.5. The first-order valence-electron chi connectivity index (χ1n) is 6.35. The van der Waals surface area contributed by atoms with E-state index in [1.807, 2.05) is 11.0 Å². The molecule has 0 saturated carbocycles. The molecule has 0 aliphatic carbocycles. The standard InChI is InChI=1S/C14H19BrN2O/c1-9-5-6-17(10(2)7-9)14(18)12-8-11(16)3-4-13(12)15/h3-4,8-10H,5-7,16H2,1-2H3. The summed E-state index contributed by atoms with van der Waals surface area (Å²) in [5.74, 6) is 0.780. The molecule has 1 aromatic carbocycles. The first kappa shape index (κ1) is 13.4. The maximum Gasteiger partial charge on any atom is 0.255 e. The maximum absolute atomic E-state index is 12.5. The van der Waals surface area contributed by atoms with Crippen LogP contribution in [0.25, 0.3) is 0 Å². The number of likely N-dealkylation sites (tertiary alicyclic amines) is 1. The number of benzene rings is 1. The van der Waals surface area contributed by atoms with Crippen LogP contribution in [-0.2, 0) is 0 Å². The van der Waals surface area contributed by atoms with Gasteiger partial charge in [-0.15, -0.1) is 0 Å². The zero-order valence-electron chi connectivity index (χ0n) is 10.8. The molecule has 0 bridgehead atoms. The molecule has 2 atom stereocenters. The molecule has 98 valence electrons. The molecule has 2 unspecified atom stereocenters. The summed E-state index contributed by atoms with van der Waals surface area (Å²) >= 11 is 3.43. The first-order valence-corrected chi connectivity index (χ1v) is 7.14. The monoisotopic (exact) mass is 310 g/mol. The molecule has 1 aliphatic rings. The van der Waals surface area contributed by atoms with Crippen LogP contribution in [0.2, 0.25) is 0 Å². The molecule has 3 nitrogen and oxygen atoms in total. The van der Waals surface area contributed by atoms with Crippen LogP contribution in [0.3, 0.4) is 0 Å². The summed E-state index contributed by atoms with van der Waals surface area (Å²) in [5.41, 5.74) is 7.05. The predicted molar refractivity (Wildman–Crippen MR) is 77.5 cm³/mol. The van der Waals surface area contributed by atoms with Crippen LogP contribution in [0.5, 0.6) is 0 Å². The third-order valence-corrected chi connectivity index (χ3v) is 4.31. The van der Waals surface area contributed by atoms with Crippen LogP contribution < -0.4 is 5.73 Å². The van der Waals surface area contributed by atoms with E-state index in [0.717, 1.165) is 23.9 Å². The molecule has 0 spiro atoms. The van der Waals surface area contributed by atoms with Gasteiger partial charge in [-0.25, -0.2) is 0 Å². The van der Waals surface area contributed by atoms with Crippen molar-refractivity contribution in [2.75, 3.05) is 12.3 Å². The Hall–Kier alpha value is -1.03. The fourth-order valence-electron chi connectivity index (χ4n) is 2.57. The third-order valence-electron chi connectivity index (χ3n) is 3.62. The second-order valence-electron chi connectivity index (χ2n) is 5.22. The number of nitrogens with two attached hydrogens (primary N) is 1. The average molecular weight is 311 g/mol. The van der Waals surface area contributed by atoms with E-state index in [-0.39, 0.29) is 5.91 Å². The van der Waals surface area contributed by atoms with E-state index in [9.17, 15) is 4.79 Å². The predicted octanol–water partition coefficient (Wildman–Crippen LogP) is 3.29. The number of carbonyl (C=O) groups excluding carboxylic acids is 1. The molecule has 0 aromatic heterocycles. The second-order valence-corrected chi connectivity index (χ2v) is 6.07. The number of rotatable bonds is 1. The number of carbonyl (C=O) groups is 1. The van der Waals surface area contributed by atoms with Crippen molar-refractivity contribution in [3.05, 3.63) is 28.2 Å². The highest BCUT2D eigenvalue weighted by Gasteiger charge is 2.28. The van der Waals surface area contributed by atoms with Crippen molar-refractivity contribution in [2.45, 2.75) is 32.7 Å². The van der Waals surface area contributed by atoms with Gasteiger partial charge in [-0.1, -0.05) is 6.92 Å². The molecule has 2 N–H and O–H groups in total. The zero-order valence-corrected chi connectivity index (χ0v) is 12.4. The van der Waals surface area contributed by atoms with E-state index in [1.165, 1.54) is 0 Å². The smallest absolute Gasteiger partial charge is 0.255 e. The normalized spacial score (nSPS) is 24.1. The Morgan fingerprint density at radius 1 is 1.44 bits per heavy atom. The van der Waals surface area contributed by atoms with Gasteiger partial charge in [-0.3, -0.25) is 4.79 Å². The molecule has 1 aromatic rings. The van der Waals surface area contributed by atoms with E-state index < -0.39 is 0 Å². The lowest BCUT2D eigenvalue weighted by atomic mass is 9.93. The molecular weight excluding hydrogens is 292 g/mol. The van der Waals surface area contributed by atoms with Gasteiger partial charge in [-0.05, 0) is 59.8 Å². The Morgan fingerprint density at radius 3 is 2.83 bits per heavy atom. The molecule has 1 saturated heterocycles. The second kappa shape index (κ2) is 5.31. The molecule has 1 aliphatic heterocycles. The number of piperidine rings is 1. The van der Waals surface area contributed by atoms with Crippen LogP contribution in [0.15, 0.2) is 22.7 Å². The number of hydrogen-bond acceptors (Lipinski definition) is 2. The SMILES string of the molecule is CC1CCN(C(=O)c2cc(N)ccc2Br)C(C)C1. The van der Waals surface area contributed by atoms with E-state index in [1.54, 1.807) is 12.1 Å². The van der Waals surface area contributed by atoms with Crippen LogP contribution in [-0.4, -0.2) is 23.4 Å². The van der Waals surface area contributed by atoms with E-state index in [2.05, 4.69) is 29.8 Å². The lowest BCUT2D eigenvalue weighted by Crippen LogP contribution is -2.44. The summed E-state index contributed by atoms with van der Waals surface area (Å²) in [6.45, 7) is 5.20. The highest BCUT2D eigenvalue weighted by molar-refractivity contribution is 9.10. The quantitative estimate of drug-likeness (QED) is 0.809. The number of nitrogens with zero attached hydrogens (tertiary/aromatic N) is 1. The van der Waals surface area contributed by atoms with Crippen molar-refractivity contribution in [3.63, 3.8) is 0 Å². The molecule has 2 rings (SSSR count). The highest BCUT2D eigenvalue weighted by Crippen LogP contribution is 2.27. The fraction of sp³-hybridized carbons (Fsp3) is 0.500. The van der Waals surface area contributed by atoms with Crippen molar-refractivity contribution in [2.24, 2.45) is 5.92 Å². The summed E-state index contributed by atoms with van der Waals surface area (Å²) < 4.78 is 0.813. The summed E-state index contributed by atoms with van der Waals surface area (Å²) in [6, 6.07) is 5.68. The lowest BCUT2D eigenvalue weighted by molar-refractivity contribution is 0.0588. The van der Waals surface area contributed by atoms with Crippen LogP contribution in [0, 0.1) is 5.92 Å². The number of hydrogen-bond donors (Lipinski definition) is 1.